The maximum atomic E-state index is 4.34. The van der Waals surface area contributed by atoms with Crippen LogP contribution in [0.5, 0.6) is 0 Å². The molecule has 1 nitrogen and oxygen atoms in total. The van der Waals surface area contributed by atoms with Gasteiger partial charge in [0, 0.05) is 6.54 Å². The van der Waals surface area contributed by atoms with E-state index in [0.29, 0.717) is 5.41 Å². The van der Waals surface area contributed by atoms with E-state index < -0.39 is 0 Å². The maximum absolute atomic E-state index is 4.34. The fourth-order valence-electron chi connectivity index (χ4n) is 2.24. The van der Waals surface area contributed by atoms with Gasteiger partial charge in [0.05, 0.1) is 0 Å². The van der Waals surface area contributed by atoms with Crippen LogP contribution >= 0.6 is 0 Å². The molecule has 56 valence electrons. The minimum atomic E-state index is 0.651. The molecule has 1 heterocycles. The normalized spacial score (nSPS) is 29.6. The first-order chi connectivity index (χ1) is 4.91. The Labute approximate surface area is 62.5 Å². The van der Waals surface area contributed by atoms with E-state index in [1.807, 2.05) is 0 Å². The third-order valence-corrected chi connectivity index (χ3v) is 2.99. The molecule has 0 atom stereocenters. The van der Waals surface area contributed by atoms with E-state index in [0.717, 1.165) is 6.54 Å². The van der Waals surface area contributed by atoms with Crippen molar-refractivity contribution in [3.8, 4) is 0 Å². The first-order valence-corrected chi connectivity index (χ1v) is 4.40. The minimum absolute atomic E-state index is 0.651. The molecule has 2 aliphatic rings. The second kappa shape index (κ2) is 2.37. The summed E-state index contributed by atoms with van der Waals surface area (Å²) >= 11 is 0. The Morgan fingerprint density at radius 3 is 2.50 bits per heavy atom. The largest absolute Gasteiger partial charge is 0.297 e. The summed E-state index contributed by atoms with van der Waals surface area (Å²) < 4.78 is 0. The van der Waals surface area contributed by atoms with E-state index in [9.17, 15) is 0 Å². The van der Waals surface area contributed by atoms with Gasteiger partial charge < -0.3 is 0 Å². The first-order valence-electron chi connectivity index (χ1n) is 4.40. The Bertz CT molecular complexity index is 133. The minimum Gasteiger partial charge on any atom is -0.297 e. The molecule has 2 rings (SSSR count). The van der Waals surface area contributed by atoms with Crippen LogP contribution in [0.2, 0.25) is 0 Å². The van der Waals surface area contributed by atoms with E-state index in [1.54, 1.807) is 0 Å². The molecule has 0 N–H and O–H groups in total. The lowest BCUT2D eigenvalue weighted by Gasteiger charge is -2.31. The Kier molecular flexibility index (Phi) is 1.51. The lowest BCUT2D eigenvalue weighted by molar-refractivity contribution is 0.222. The van der Waals surface area contributed by atoms with Gasteiger partial charge in [0.1, 0.15) is 0 Å². The van der Waals surface area contributed by atoms with Crippen LogP contribution < -0.4 is 0 Å². The molecule has 0 amide bonds. The van der Waals surface area contributed by atoms with Crippen molar-refractivity contribution in [2.45, 2.75) is 38.5 Å². The fraction of sp³-hybridized carbons (Fsp3) is 0.889. The number of rotatable bonds is 0. The van der Waals surface area contributed by atoms with Gasteiger partial charge in [0.25, 0.3) is 0 Å². The van der Waals surface area contributed by atoms with Gasteiger partial charge in [0.15, 0.2) is 0 Å². The maximum Gasteiger partial charge on any atom is 0.0445 e. The highest BCUT2D eigenvalue weighted by atomic mass is 14.8. The van der Waals surface area contributed by atoms with Crippen molar-refractivity contribution in [1.29, 1.82) is 0 Å². The molecule has 0 unspecified atom stereocenters. The summed E-state index contributed by atoms with van der Waals surface area (Å²) in [5.74, 6) is 0. The Hall–Kier alpha value is -0.330. The molecule has 10 heavy (non-hydrogen) atoms. The molecule has 0 aromatic heterocycles. The fourth-order valence-corrected chi connectivity index (χ4v) is 2.24. The van der Waals surface area contributed by atoms with Crippen LogP contribution in [-0.4, -0.2) is 12.8 Å². The van der Waals surface area contributed by atoms with Gasteiger partial charge in [-0.15, -0.1) is 0 Å². The summed E-state index contributed by atoms with van der Waals surface area (Å²) in [6.45, 7) is 1.13. The zero-order valence-electron chi connectivity index (χ0n) is 6.47. The highest BCUT2D eigenvalue weighted by Gasteiger charge is 2.32. The lowest BCUT2D eigenvalue weighted by atomic mass is 9.73. The van der Waals surface area contributed by atoms with Crippen molar-refractivity contribution < 1.29 is 0 Å². The topological polar surface area (TPSA) is 12.4 Å². The molecule has 1 heteroatoms. The van der Waals surface area contributed by atoms with Crippen molar-refractivity contribution in [3.63, 3.8) is 0 Å². The molecule has 1 aliphatic carbocycles. The first kappa shape index (κ1) is 6.38. The highest BCUT2D eigenvalue weighted by molar-refractivity contribution is 5.61. The van der Waals surface area contributed by atoms with Crippen molar-refractivity contribution in [3.05, 3.63) is 0 Å². The molecule has 0 bridgehead atoms. The van der Waals surface area contributed by atoms with Gasteiger partial charge in [-0.2, -0.15) is 0 Å². The van der Waals surface area contributed by atoms with Gasteiger partial charge in [0.2, 0.25) is 0 Å². The Balaban J connectivity index is 2.00. The summed E-state index contributed by atoms with van der Waals surface area (Å²) in [7, 11) is 0. The smallest absolute Gasteiger partial charge is 0.0445 e. The van der Waals surface area contributed by atoms with Crippen molar-refractivity contribution in [2.75, 3.05) is 6.54 Å². The molecule has 0 aromatic rings. The Morgan fingerprint density at radius 1 is 1.10 bits per heavy atom. The third-order valence-electron chi connectivity index (χ3n) is 2.99. The second-order valence-corrected chi connectivity index (χ2v) is 3.79. The number of hydrogen-bond donors (Lipinski definition) is 0. The predicted molar refractivity (Wildman–Crippen MR) is 43.5 cm³/mol. The molecular weight excluding hydrogens is 122 g/mol. The molecule has 0 aromatic carbocycles. The van der Waals surface area contributed by atoms with Gasteiger partial charge in [-0.3, -0.25) is 4.99 Å². The van der Waals surface area contributed by atoms with Crippen LogP contribution in [0, 0.1) is 5.41 Å². The van der Waals surface area contributed by atoms with E-state index >= 15 is 0 Å². The summed E-state index contributed by atoms with van der Waals surface area (Å²) in [5.41, 5.74) is 0.651. The summed E-state index contributed by atoms with van der Waals surface area (Å²) in [5, 5.41) is 0. The number of aliphatic imine (C=N–C) groups is 1. The van der Waals surface area contributed by atoms with E-state index in [4.69, 9.17) is 0 Å². The average molecular weight is 137 g/mol. The predicted octanol–water partition coefficient (Wildman–Crippen LogP) is 2.41. The molecule has 1 saturated carbocycles. The molecule has 0 saturated heterocycles. The number of nitrogens with zero attached hydrogens (tertiary/aromatic N) is 1. The molecular formula is C9H15N. The zero-order valence-corrected chi connectivity index (χ0v) is 6.47. The lowest BCUT2D eigenvalue weighted by Crippen LogP contribution is -2.24. The summed E-state index contributed by atoms with van der Waals surface area (Å²) in [6.07, 6.45) is 10.6. The van der Waals surface area contributed by atoms with E-state index in [1.165, 1.54) is 38.5 Å². The molecule has 0 radical (unpaired) electrons. The summed E-state index contributed by atoms with van der Waals surface area (Å²) in [4.78, 5) is 4.34. The standard InChI is InChI=1S/C9H15N/c1-2-4-9(5-3-1)6-7-10-8-9/h7H,1-6,8H2. The van der Waals surface area contributed by atoms with Crippen molar-refractivity contribution in [1.82, 2.24) is 0 Å². The van der Waals surface area contributed by atoms with Crippen LogP contribution in [0.4, 0.5) is 0 Å². The van der Waals surface area contributed by atoms with Crippen LogP contribution in [-0.2, 0) is 0 Å². The summed E-state index contributed by atoms with van der Waals surface area (Å²) in [6, 6.07) is 0. The van der Waals surface area contributed by atoms with Crippen LogP contribution in [0.25, 0.3) is 0 Å². The van der Waals surface area contributed by atoms with Crippen LogP contribution in [0.1, 0.15) is 38.5 Å². The Morgan fingerprint density at radius 2 is 1.90 bits per heavy atom. The highest BCUT2D eigenvalue weighted by Crippen LogP contribution is 2.40. The second-order valence-electron chi connectivity index (χ2n) is 3.79. The van der Waals surface area contributed by atoms with Crippen molar-refractivity contribution >= 4 is 6.21 Å². The zero-order chi connectivity index (χ0) is 6.86. The molecule has 1 aliphatic heterocycles. The monoisotopic (exact) mass is 137 g/mol. The van der Waals surface area contributed by atoms with Gasteiger partial charge in [-0.25, -0.2) is 0 Å². The van der Waals surface area contributed by atoms with E-state index in [-0.39, 0.29) is 0 Å². The third kappa shape index (κ3) is 0.979. The van der Waals surface area contributed by atoms with Crippen molar-refractivity contribution in [2.24, 2.45) is 10.4 Å². The quantitative estimate of drug-likeness (QED) is 0.486. The van der Waals surface area contributed by atoms with E-state index in [2.05, 4.69) is 11.2 Å². The molecule has 1 spiro atoms. The van der Waals surface area contributed by atoms with Crippen LogP contribution in [0.3, 0.4) is 0 Å². The van der Waals surface area contributed by atoms with Crippen LogP contribution in [0.15, 0.2) is 4.99 Å². The van der Waals surface area contributed by atoms with Gasteiger partial charge >= 0.3 is 0 Å². The molecule has 1 fully saturated rings. The van der Waals surface area contributed by atoms with Gasteiger partial charge in [-0.05, 0) is 30.9 Å². The SMILES string of the molecule is C1=NCC2(C1)CCCCC2. The van der Waals surface area contributed by atoms with Gasteiger partial charge in [-0.1, -0.05) is 19.3 Å². The number of hydrogen-bond acceptors (Lipinski definition) is 1. The average Bonchev–Trinajstić information content (AvgIpc) is 2.39.